The van der Waals surface area contributed by atoms with E-state index in [9.17, 15) is 4.79 Å². The number of amides is 1. The van der Waals surface area contributed by atoms with Gasteiger partial charge in [-0.3, -0.25) is 9.78 Å². The average Bonchev–Trinajstić information content (AvgIpc) is 3.00. The molecule has 0 spiro atoms. The van der Waals surface area contributed by atoms with E-state index in [-0.39, 0.29) is 5.91 Å². The van der Waals surface area contributed by atoms with Crippen LogP contribution < -0.4 is 10.2 Å². The van der Waals surface area contributed by atoms with E-state index in [1.54, 1.807) is 29.3 Å². The Bertz CT molecular complexity index is 888. The van der Waals surface area contributed by atoms with E-state index in [4.69, 9.17) is 4.52 Å². The molecule has 2 aromatic heterocycles. The molecule has 0 atom stereocenters. The van der Waals surface area contributed by atoms with Crippen LogP contribution in [0.5, 0.6) is 0 Å². The lowest BCUT2D eigenvalue weighted by Gasteiger charge is -2.21. The van der Waals surface area contributed by atoms with Gasteiger partial charge in [0.25, 0.3) is 5.91 Å². The van der Waals surface area contributed by atoms with Crippen molar-refractivity contribution in [2.75, 3.05) is 16.8 Å². The molecule has 1 amide bonds. The minimum Gasteiger partial charge on any atom is -0.360 e. The second-order valence-electron chi connectivity index (χ2n) is 5.77. The van der Waals surface area contributed by atoms with E-state index in [2.05, 4.69) is 15.5 Å². The summed E-state index contributed by atoms with van der Waals surface area (Å²) in [5, 5.41) is 7.00. The van der Waals surface area contributed by atoms with Gasteiger partial charge >= 0.3 is 0 Å². The summed E-state index contributed by atoms with van der Waals surface area (Å²) in [4.78, 5) is 18.8. The Kier molecular flexibility index (Phi) is 4.79. The standard InChI is InChI=1S/C19H20N4O2/c1-4-23(16-7-5-6-13(2)10-16)19(24)17-12-15(8-9-20-17)21-18-11-14(3)25-22-18/h5-12H,4H2,1-3H3,(H,20,21,22). The van der Waals surface area contributed by atoms with E-state index in [0.29, 0.717) is 23.8 Å². The van der Waals surface area contributed by atoms with Crippen molar-refractivity contribution >= 4 is 23.1 Å². The third-order valence-corrected chi connectivity index (χ3v) is 3.75. The summed E-state index contributed by atoms with van der Waals surface area (Å²) in [6.07, 6.45) is 1.60. The van der Waals surface area contributed by atoms with Crippen LogP contribution in [0.25, 0.3) is 0 Å². The fourth-order valence-electron chi connectivity index (χ4n) is 2.58. The van der Waals surface area contributed by atoms with Gasteiger partial charge in [0.2, 0.25) is 0 Å². The van der Waals surface area contributed by atoms with Gasteiger partial charge in [0, 0.05) is 30.2 Å². The molecule has 0 bridgehead atoms. The second-order valence-corrected chi connectivity index (χ2v) is 5.77. The molecular weight excluding hydrogens is 316 g/mol. The van der Waals surface area contributed by atoms with E-state index in [1.165, 1.54) is 0 Å². The number of hydrogen-bond donors (Lipinski definition) is 1. The lowest BCUT2D eigenvalue weighted by Crippen LogP contribution is -2.31. The molecule has 6 heteroatoms. The third kappa shape index (κ3) is 3.85. The molecule has 3 aromatic rings. The van der Waals surface area contributed by atoms with Crippen molar-refractivity contribution in [2.45, 2.75) is 20.8 Å². The molecular formula is C19H20N4O2. The zero-order chi connectivity index (χ0) is 17.8. The van der Waals surface area contributed by atoms with Gasteiger partial charge in [0.05, 0.1) is 0 Å². The zero-order valence-corrected chi connectivity index (χ0v) is 14.5. The summed E-state index contributed by atoms with van der Waals surface area (Å²) >= 11 is 0. The average molecular weight is 336 g/mol. The molecule has 25 heavy (non-hydrogen) atoms. The second kappa shape index (κ2) is 7.17. The Morgan fingerprint density at radius 3 is 2.72 bits per heavy atom. The lowest BCUT2D eigenvalue weighted by molar-refractivity contribution is 0.0983. The minimum absolute atomic E-state index is 0.145. The molecule has 3 rings (SSSR count). The SMILES string of the molecule is CCN(C(=O)c1cc(Nc2cc(C)on2)ccn1)c1cccc(C)c1. The predicted molar refractivity (Wildman–Crippen MR) is 97.3 cm³/mol. The van der Waals surface area contributed by atoms with Crippen molar-refractivity contribution in [3.05, 3.63) is 65.7 Å². The molecule has 0 unspecified atom stereocenters. The third-order valence-electron chi connectivity index (χ3n) is 3.75. The molecule has 0 aliphatic heterocycles. The number of nitrogens with one attached hydrogen (secondary N) is 1. The van der Waals surface area contributed by atoms with Gasteiger partial charge < -0.3 is 14.7 Å². The first-order valence-electron chi connectivity index (χ1n) is 8.11. The first kappa shape index (κ1) is 16.7. The Labute approximate surface area is 146 Å². The van der Waals surface area contributed by atoms with Gasteiger partial charge in [-0.15, -0.1) is 0 Å². The number of pyridine rings is 1. The number of carbonyl (C=O) groups excluding carboxylic acids is 1. The fourth-order valence-corrected chi connectivity index (χ4v) is 2.58. The van der Waals surface area contributed by atoms with Gasteiger partial charge in [-0.25, -0.2) is 0 Å². The van der Waals surface area contributed by atoms with Crippen LogP contribution in [-0.2, 0) is 0 Å². The largest absolute Gasteiger partial charge is 0.360 e. The Morgan fingerprint density at radius 1 is 1.20 bits per heavy atom. The van der Waals surface area contributed by atoms with Gasteiger partial charge in [-0.05, 0) is 50.6 Å². The molecule has 1 N–H and O–H groups in total. The van der Waals surface area contributed by atoms with Crippen molar-refractivity contribution < 1.29 is 9.32 Å². The number of aryl methyl sites for hydroxylation is 2. The summed E-state index contributed by atoms with van der Waals surface area (Å²) in [6, 6.07) is 13.1. The highest BCUT2D eigenvalue weighted by atomic mass is 16.5. The number of carbonyl (C=O) groups is 1. The van der Waals surface area contributed by atoms with E-state index < -0.39 is 0 Å². The topological polar surface area (TPSA) is 71.3 Å². The Hall–Kier alpha value is -3.15. The Morgan fingerprint density at radius 2 is 2.04 bits per heavy atom. The zero-order valence-electron chi connectivity index (χ0n) is 14.5. The highest BCUT2D eigenvalue weighted by molar-refractivity contribution is 6.05. The first-order chi connectivity index (χ1) is 12.1. The monoisotopic (exact) mass is 336 g/mol. The predicted octanol–water partition coefficient (Wildman–Crippen LogP) is 4.10. The van der Waals surface area contributed by atoms with Crippen molar-refractivity contribution in [2.24, 2.45) is 0 Å². The molecule has 1 aromatic carbocycles. The summed E-state index contributed by atoms with van der Waals surface area (Å²) in [5.74, 6) is 1.16. The molecule has 128 valence electrons. The van der Waals surface area contributed by atoms with Crippen molar-refractivity contribution in [3.63, 3.8) is 0 Å². The molecule has 6 nitrogen and oxygen atoms in total. The highest BCUT2D eigenvalue weighted by Crippen LogP contribution is 2.20. The summed E-state index contributed by atoms with van der Waals surface area (Å²) in [6.45, 7) is 6.33. The molecule has 0 aliphatic carbocycles. The number of hydrogen-bond acceptors (Lipinski definition) is 5. The molecule has 0 saturated heterocycles. The van der Waals surface area contributed by atoms with E-state index in [1.807, 2.05) is 45.0 Å². The van der Waals surface area contributed by atoms with E-state index in [0.717, 1.165) is 16.9 Å². The highest BCUT2D eigenvalue weighted by Gasteiger charge is 2.18. The smallest absolute Gasteiger partial charge is 0.276 e. The van der Waals surface area contributed by atoms with Crippen LogP contribution in [0.15, 0.2) is 53.2 Å². The number of anilines is 3. The van der Waals surface area contributed by atoms with Crippen LogP contribution in [0.1, 0.15) is 28.7 Å². The number of nitrogens with zero attached hydrogens (tertiary/aromatic N) is 3. The van der Waals surface area contributed by atoms with Crippen molar-refractivity contribution in [1.82, 2.24) is 10.1 Å². The van der Waals surface area contributed by atoms with Gasteiger partial charge in [0.15, 0.2) is 5.82 Å². The summed E-state index contributed by atoms with van der Waals surface area (Å²) in [5.41, 5.74) is 3.06. The number of rotatable bonds is 5. The summed E-state index contributed by atoms with van der Waals surface area (Å²) < 4.78 is 5.04. The molecule has 0 aliphatic rings. The van der Waals surface area contributed by atoms with E-state index >= 15 is 0 Å². The normalized spacial score (nSPS) is 10.5. The maximum absolute atomic E-state index is 12.9. The number of aromatic nitrogens is 2. The van der Waals surface area contributed by atoms with Gasteiger partial charge in [-0.2, -0.15) is 0 Å². The van der Waals surface area contributed by atoms with Crippen LogP contribution in [0, 0.1) is 13.8 Å². The lowest BCUT2D eigenvalue weighted by atomic mass is 10.2. The number of benzene rings is 1. The fraction of sp³-hybridized carbons (Fsp3) is 0.211. The quantitative estimate of drug-likeness (QED) is 0.759. The van der Waals surface area contributed by atoms with Gasteiger partial charge in [0.1, 0.15) is 11.5 Å². The molecule has 0 fully saturated rings. The van der Waals surface area contributed by atoms with Crippen LogP contribution in [-0.4, -0.2) is 22.6 Å². The Balaban J connectivity index is 1.84. The van der Waals surface area contributed by atoms with Crippen LogP contribution in [0.4, 0.5) is 17.2 Å². The van der Waals surface area contributed by atoms with Crippen molar-refractivity contribution in [1.29, 1.82) is 0 Å². The molecule has 0 radical (unpaired) electrons. The van der Waals surface area contributed by atoms with Gasteiger partial charge in [-0.1, -0.05) is 17.3 Å². The maximum atomic E-state index is 12.9. The molecule has 2 heterocycles. The van der Waals surface area contributed by atoms with Crippen LogP contribution in [0.3, 0.4) is 0 Å². The van der Waals surface area contributed by atoms with Crippen LogP contribution >= 0.6 is 0 Å². The minimum atomic E-state index is -0.145. The van der Waals surface area contributed by atoms with Crippen LogP contribution in [0.2, 0.25) is 0 Å². The first-order valence-corrected chi connectivity index (χ1v) is 8.11. The molecule has 0 saturated carbocycles. The van der Waals surface area contributed by atoms with Crippen molar-refractivity contribution in [3.8, 4) is 0 Å². The maximum Gasteiger partial charge on any atom is 0.276 e. The summed E-state index contributed by atoms with van der Waals surface area (Å²) in [7, 11) is 0.